The van der Waals surface area contributed by atoms with Gasteiger partial charge in [0.1, 0.15) is 6.61 Å². The van der Waals surface area contributed by atoms with E-state index in [1.807, 2.05) is 13.0 Å². The predicted octanol–water partition coefficient (Wildman–Crippen LogP) is 1.40. The predicted molar refractivity (Wildman–Crippen MR) is 54.3 cm³/mol. The van der Waals surface area contributed by atoms with E-state index in [1.165, 1.54) is 0 Å². The van der Waals surface area contributed by atoms with Gasteiger partial charge in [0.2, 0.25) is 5.88 Å². The van der Waals surface area contributed by atoms with Crippen molar-refractivity contribution in [2.24, 2.45) is 0 Å². The average Bonchev–Trinajstić information content (AvgIpc) is 2.18. The Labute approximate surface area is 84.1 Å². The van der Waals surface area contributed by atoms with Crippen molar-refractivity contribution in [2.45, 2.75) is 6.92 Å². The van der Waals surface area contributed by atoms with Crippen molar-refractivity contribution in [3.05, 3.63) is 23.4 Å². The number of hydrogen-bond acceptors (Lipinski definition) is 3. The van der Waals surface area contributed by atoms with Crippen molar-refractivity contribution in [2.75, 3.05) is 20.8 Å². The minimum absolute atomic E-state index is 0.436. The van der Waals surface area contributed by atoms with Gasteiger partial charge in [-0.1, -0.05) is 11.8 Å². The fourth-order valence-corrected chi connectivity index (χ4v) is 1.05. The Balaban J connectivity index is 2.82. The second kappa shape index (κ2) is 5.25. The van der Waals surface area contributed by atoms with Crippen molar-refractivity contribution >= 4 is 0 Å². The number of methoxy groups -OCH3 is 2. The Hall–Kier alpha value is -1.53. The molecule has 0 bridgehead atoms. The van der Waals surface area contributed by atoms with E-state index in [9.17, 15) is 0 Å². The van der Waals surface area contributed by atoms with Gasteiger partial charge in [0.15, 0.2) is 0 Å². The van der Waals surface area contributed by atoms with Crippen LogP contribution in [0.15, 0.2) is 12.3 Å². The van der Waals surface area contributed by atoms with Crippen LogP contribution in [-0.2, 0) is 4.74 Å². The van der Waals surface area contributed by atoms with Crippen molar-refractivity contribution in [3.8, 4) is 17.7 Å². The molecule has 0 aromatic carbocycles. The highest BCUT2D eigenvalue weighted by Gasteiger charge is 1.98. The molecular weight excluding hydrogens is 178 g/mol. The third-order valence-corrected chi connectivity index (χ3v) is 1.67. The Kier molecular flexibility index (Phi) is 3.96. The van der Waals surface area contributed by atoms with Crippen LogP contribution in [0.4, 0.5) is 0 Å². The number of pyridine rings is 1. The fourth-order valence-electron chi connectivity index (χ4n) is 1.05. The van der Waals surface area contributed by atoms with E-state index in [-0.39, 0.29) is 0 Å². The van der Waals surface area contributed by atoms with Gasteiger partial charge in [0.05, 0.1) is 7.11 Å². The Morgan fingerprint density at radius 2 is 2.21 bits per heavy atom. The largest absolute Gasteiger partial charge is 0.481 e. The van der Waals surface area contributed by atoms with Crippen molar-refractivity contribution in [1.29, 1.82) is 0 Å². The minimum atomic E-state index is 0.436. The molecule has 0 saturated heterocycles. The lowest BCUT2D eigenvalue weighted by atomic mass is 10.2. The first-order valence-corrected chi connectivity index (χ1v) is 4.26. The summed E-state index contributed by atoms with van der Waals surface area (Å²) in [6.07, 6.45) is 1.69. The highest BCUT2D eigenvalue weighted by molar-refractivity contribution is 5.38. The number of rotatable bonds is 2. The zero-order valence-corrected chi connectivity index (χ0v) is 8.63. The van der Waals surface area contributed by atoms with Gasteiger partial charge in [-0.3, -0.25) is 0 Å². The minimum Gasteiger partial charge on any atom is -0.481 e. The molecule has 1 aromatic heterocycles. The van der Waals surface area contributed by atoms with Gasteiger partial charge < -0.3 is 9.47 Å². The summed E-state index contributed by atoms with van der Waals surface area (Å²) in [6.45, 7) is 2.37. The fraction of sp³-hybridized carbons (Fsp3) is 0.364. The molecule has 0 N–H and O–H groups in total. The van der Waals surface area contributed by atoms with E-state index < -0.39 is 0 Å². The summed E-state index contributed by atoms with van der Waals surface area (Å²) in [4.78, 5) is 4.11. The van der Waals surface area contributed by atoms with Gasteiger partial charge in [-0.2, -0.15) is 0 Å². The average molecular weight is 191 g/mol. The second-order valence-corrected chi connectivity index (χ2v) is 2.78. The molecule has 3 nitrogen and oxygen atoms in total. The van der Waals surface area contributed by atoms with Crippen LogP contribution >= 0.6 is 0 Å². The van der Waals surface area contributed by atoms with Crippen LogP contribution in [0, 0.1) is 18.8 Å². The second-order valence-electron chi connectivity index (χ2n) is 2.78. The van der Waals surface area contributed by atoms with Crippen LogP contribution in [0.1, 0.15) is 11.1 Å². The highest BCUT2D eigenvalue weighted by Crippen LogP contribution is 2.13. The molecule has 0 amide bonds. The van der Waals surface area contributed by atoms with Crippen LogP contribution in [0.3, 0.4) is 0 Å². The molecule has 0 spiro atoms. The summed E-state index contributed by atoms with van der Waals surface area (Å²) in [5, 5.41) is 0. The quantitative estimate of drug-likeness (QED) is 0.662. The molecule has 0 radical (unpaired) electrons. The van der Waals surface area contributed by atoms with Crippen LogP contribution < -0.4 is 4.74 Å². The van der Waals surface area contributed by atoms with Crippen molar-refractivity contribution in [1.82, 2.24) is 4.98 Å². The first kappa shape index (κ1) is 10.6. The number of hydrogen-bond donors (Lipinski definition) is 0. The summed E-state index contributed by atoms with van der Waals surface area (Å²) in [6, 6.07) is 1.94. The Morgan fingerprint density at radius 3 is 2.79 bits per heavy atom. The maximum Gasteiger partial charge on any atom is 0.215 e. The van der Waals surface area contributed by atoms with Gasteiger partial charge in [-0.05, 0) is 13.0 Å². The Morgan fingerprint density at radius 1 is 1.43 bits per heavy atom. The molecular formula is C11H13NO2. The summed E-state index contributed by atoms with van der Waals surface area (Å²) in [5.74, 6) is 6.45. The van der Waals surface area contributed by atoms with Crippen molar-refractivity contribution < 1.29 is 9.47 Å². The van der Waals surface area contributed by atoms with E-state index in [1.54, 1.807) is 20.4 Å². The lowest BCUT2D eigenvalue weighted by molar-refractivity contribution is 0.240. The summed E-state index contributed by atoms with van der Waals surface area (Å²) in [7, 11) is 3.22. The number of nitrogens with zero attached hydrogens (tertiary/aromatic N) is 1. The molecule has 0 aliphatic rings. The normalized spacial score (nSPS) is 9.07. The smallest absolute Gasteiger partial charge is 0.215 e. The molecule has 3 heteroatoms. The van der Waals surface area contributed by atoms with E-state index >= 15 is 0 Å². The molecule has 0 saturated carbocycles. The first-order valence-electron chi connectivity index (χ1n) is 4.26. The summed E-state index contributed by atoms with van der Waals surface area (Å²) in [5.41, 5.74) is 1.86. The van der Waals surface area contributed by atoms with Gasteiger partial charge in [0, 0.05) is 24.4 Å². The lowest BCUT2D eigenvalue weighted by Crippen LogP contribution is -1.92. The Bertz CT molecular complexity index is 363. The molecule has 0 aliphatic carbocycles. The molecule has 1 heterocycles. The topological polar surface area (TPSA) is 31.4 Å². The molecule has 74 valence electrons. The van der Waals surface area contributed by atoms with E-state index in [4.69, 9.17) is 9.47 Å². The lowest BCUT2D eigenvalue weighted by Gasteiger charge is -2.01. The summed E-state index contributed by atoms with van der Waals surface area (Å²) < 4.78 is 9.86. The highest BCUT2D eigenvalue weighted by atomic mass is 16.5. The van der Waals surface area contributed by atoms with Gasteiger partial charge in [-0.15, -0.1) is 0 Å². The monoisotopic (exact) mass is 191 g/mol. The number of aryl methyl sites for hydroxylation is 1. The van der Waals surface area contributed by atoms with Gasteiger partial charge >= 0.3 is 0 Å². The SMILES string of the molecule is COCC#Cc1cnc(OC)c(C)c1. The van der Waals surface area contributed by atoms with E-state index in [0.717, 1.165) is 11.1 Å². The third-order valence-electron chi connectivity index (χ3n) is 1.67. The van der Waals surface area contributed by atoms with E-state index in [0.29, 0.717) is 12.5 Å². The molecule has 1 aromatic rings. The third kappa shape index (κ3) is 2.75. The van der Waals surface area contributed by atoms with Crippen LogP contribution in [0.2, 0.25) is 0 Å². The number of ether oxygens (including phenoxy) is 2. The summed E-state index contributed by atoms with van der Waals surface area (Å²) >= 11 is 0. The van der Waals surface area contributed by atoms with Crippen LogP contribution in [-0.4, -0.2) is 25.8 Å². The zero-order valence-electron chi connectivity index (χ0n) is 8.63. The van der Waals surface area contributed by atoms with Crippen LogP contribution in [0.5, 0.6) is 5.88 Å². The molecule has 1 rings (SSSR count). The molecule has 0 fully saturated rings. The molecule has 14 heavy (non-hydrogen) atoms. The van der Waals surface area contributed by atoms with Crippen LogP contribution in [0.25, 0.3) is 0 Å². The standard InChI is InChI=1S/C11H13NO2/c1-9-7-10(5-4-6-13-2)8-12-11(9)14-3/h7-8H,6H2,1-3H3. The van der Waals surface area contributed by atoms with Crippen molar-refractivity contribution in [3.63, 3.8) is 0 Å². The van der Waals surface area contributed by atoms with E-state index in [2.05, 4.69) is 16.8 Å². The maximum atomic E-state index is 5.04. The molecule has 0 unspecified atom stereocenters. The number of aromatic nitrogens is 1. The molecule has 0 atom stereocenters. The van der Waals surface area contributed by atoms with Gasteiger partial charge in [0.25, 0.3) is 0 Å². The van der Waals surface area contributed by atoms with Gasteiger partial charge in [-0.25, -0.2) is 4.98 Å². The maximum absolute atomic E-state index is 5.04. The zero-order chi connectivity index (χ0) is 10.4. The molecule has 0 aliphatic heterocycles. The first-order chi connectivity index (χ1) is 6.77.